The Kier molecular flexibility index (Phi) is 7.68. The van der Waals surface area contributed by atoms with Crippen molar-refractivity contribution in [3.8, 4) is 0 Å². The molecule has 9 atom stereocenters. The van der Waals surface area contributed by atoms with E-state index in [2.05, 4.69) is 13.8 Å². The summed E-state index contributed by atoms with van der Waals surface area (Å²) in [7, 11) is 0. The van der Waals surface area contributed by atoms with Gasteiger partial charge in [0.25, 0.3) is 5.67 Å². The summed E-state index contributed by atoms with van der Waals surface area (Å²) in [6.45, 7) is 9.41. The number of rotatable bonds is 6. The molecule has 0 aromatic heterocycles. The SMILES string of the molecule is [3H][C@@H](C[C@@H](C)[C@H]1CC(=O)C2=C3[C@H](C)C[C@H]4C[C@@H](OC(C)=O)CC[C@]4(C)[C@H]3CC[C@@]21C)CC(F)(C(F)(F)F)C(F)(F)F. The van der Waals surface area contributed by atoms with Crippen LogP contribution in [0.1, 0.15) is 100 Å². The number of esters is 1. The van der Waals surface area contributed by atoms with E-state index in [1.807, 2.05) is 6.92 Å². The van der Waals surface area contributed by atoms with Crippen molar-refractivity contribution in [3.63, 3.8) is 0 Å². The van der Waals surface area contributed by atoms with E-state index in [-0.39, 0.29) is 53.9 Å². The zero-order chi connectivity index (χ0) is 30.9. The van der Waals surface area contributed by atoms with Gasteiger partial charge in [-0.1, -0.05) is 39.7 Å². The zero-order valence-corrected chi connectivity index (χ0v) is 23.8. The van der Waals surface area contributed by atoms with Gasteiger partial charge in [-0.25, -0.2) is 4.39 Å². The lowest BCUT2D eigenvalue weighted by atomic mass is 9.47. The number of carbonyl (C=O) groups is 2. The van der Waals surface area contributed by atoms with Crippen LogP contribution in [0.3, 0.4) is 0 Å². The average Bonchev–Trinajstić information content (AvgIpc) is 3.09. The van der Waals surface area contributed by atoms with E-state index >= 15 is 0 Å². The van der Waals surface area contributed by atoms with E-state index in [9.17, 15) is 40.3 Å². The summed E-state index contributed by atoms with van der Waals surface area (Å²) in [4.78, 5) is 25.2. The number of fused-ring (bicyclic) bond motifs is 4. The Morgan fingerprint density at radius 2 is 1.70 bits per heavy atom. The molecule has 0 aromatic carbocycles. The first-order valence-electron chi connectivity index (χ1n) is 14.9. The molecule has 0 radical (unpaired) electrons. The smallest absolute Gasteiger partial charge is 0.431 e. The molecule has 0 saturated heterocycles. The van der Waals surface area contributed by atoms with Crippen LogP contribution in [0.4, 0.5) is 30.7 Å². The average molecular weight is 585 g/mol. The monoisotopic (exact) mass is 584 g/mol. The van der Waals surface area contributed by atoms with Gasteiger partial charge in [-0.15, -0.1) is 0 Å². The fraction of sp³-hybridized carbons (Fsp3) is 0.867. The number of ether oxygens (including phenoxy) is 1. The number of allylic oxidation sites excluding steroid dienone is 2. The van der Waals surface area contributed by atoms with Crippen molar-refractivity contribution in [1.29, 1.82) is 0 Å². The lowest BCUT2D eigenvalue weighted by molar-refractivity contribution is -0.343. The van der Waals surface area contributed by atoms with Gasteiger partial charge in [-0.2, -0.15) is 26.3 Å². The minimum atomic E-state index is -6.18. The van der Waals surface area contributed by atoms with Crippen molar-refractivity contribution in [2.24, 2.45) is 40.4 Å². The van der Waals surface area contributed by atoms with Crippen molar-refractivity contribution >= 4 is 11.8 Å². The van der Waals surface area contributed by atoms with Crippen LogP contribution in [0.15, 0.2) is 11.1 Å². The van der Waals surface area contributed by atoms with Gasteiger partial charge < -0.3 is 4.74 Å². The number of ketones is 1. The summed E-state index contributed by atoms with van der Waals surface area (Å²) in [5.41, 5.74) is -4.21. The standard InChI is InChI=1S/C30H41F7O3/c1-16(7-6-10-28(31,29(32,33)34)30(35,36)37)22-15-23(39)25-24-17(2)13-19-14-20(40-18(3)38)8-11-26(19,4)21(24)9-12-27(22,25)5/h16-17,19-22H,6-15H2,1-5H3/t16-,17-,19+,20+,21+,22-,26+,27-/m1/s1/i6T/t6-,16+,17+,19-,20-,21-,22+,26-,27+/m0. The largest absolute Gasteiger partial charge is 0.463 e. The third kappa shape index (κ3) is 5.01. The van der Waals surface area contributed by atoms with Crippen molar-refractivity contribution in [2.45, 2.75) is 123 Å². The van der Waals surface area contributed by atoms with Gasteiger partial charge in [0.2, 0.25) is 0 Å². The number of Topliss-reactive ketones (excluding diaryl/α,β-unsaturated/α-hetero) is 1. The number of alkyl halides is 7. The molecule has 3 fully saturated rings. The van der Waals surface area contributed by atoms with E-state index in [4.69, 9.17) is 6.11 Å². The normalized spacial score (nSPS) is 38.6. The quantitative estimate of drug-likeness (QED) is 0.232. The van der Waals surface area contributed by atoms with Gasteiger partial charge >= 0.3 is 18.3 Å². The number of halogens is 7. The summed E-state index contributed by atoms with van der Waals surface area (Å²) in [5, 5.41) is 0. The second-order valence-corrected chi connectivity index (χ2v) is 13.4. The van der Waals surface area contributed by atoms with Gasteiger partial charge in [-0.3, -0.25) is 9.59 Å². The molecule has 0 bridgehead atoms. The lowest BCUT2D eigenvalue weighted by Crippen LogP contribution is -2.53. The lowest BCUT2D eigenvalue weighted by Gasteiger charge is -2.58. The van der Waals surface area contributed by atoms with Crippen LogP contribution in [0.5, 0.6) is 0 Å². The molecule has 3 saturated carbocycles. The highest BCUT2D eigenvalue weighted by Gasteiger charge is 2.71. The topological polar surface area (TPSA) is 43.4 Å². The van der Waals surface area contributed by atoms with Crippen molar-refractivity contribution in [3.05, 3.63) is 11.1 Å². The van der Waals surface area contributed by atoms with Crippen molar-refractivity contribution < 1.29 is 46.4 Å². The molecule has 228 valence electrons. The van der Waals surface area contributed by atoms with E-state index in [1.54, 1.807) is 6.92 Å². The van der Waals surface area contributed by atoms with Gasteiger partial charge in [0.15, 0.2) is 5.78 Å². The molecule has 0 N–H and O–H groups in total. The van der Waals surface area contributed by atoms with Crippen LogP contribution >= 0.6 is 0 Å². The molecule has 40 heavy (non-hydrogen) atoms. The second kappa shape index (κ2) is 10.3. The fourth-order valence-corrected chi connectivity index (χ4v) is 8.91. The molecule has 0 unspecified atom stereocenters. The van der Waals surface area contributed by atoms with Gasteiger partial charge in [0, 0.05) is 20.3 Å². The first kappa shape index (κ1) is 29.9. The molecular formula is C30H41F7O3. The molecule has 4 rings (SSSR count). The minimum absolute atomic E-state index is 0.0292. The zero-order valence-electron chi connectivity index (χ0n) is 24.8. The van der Waals surface area contributed by atoms with Crippen LogP contribution in [-0.4, -0.2) is 35.9 Å². The molecule has 10 heteroatoms. The Bertz CT molecular complexity index is 1070. The second-order valence-electron chi connectivity index (χ2n) is 13.4. The number of hydrogen-bond acceptors (Lipinski definition) is 3. The third-order valence-electron chi connectivity index (χ3n) is 11.0. The molecule has 4 aliphatic carbocycles. The Labute approximate surface area is 233 Å². The molecule has 0 amide bonds. The summed E-state index contributed by atoms with van der Waals surface area (Å²) >= 11 is 0. The number of carbonyl (C=O) groups excluding carboxylic acids is 2. The summed E-state index contributed by atoms with van der Waals surface area (Å²) < 4.78 is 106. The van der Waals surface area contributed by atoms with E-state index in [0.29, 0.717) is 12.3 Å². The number of hydrogen-bond donors (Lipinski definition) is 0. The first-order chi connectivity index (χ1) is 18.7. The van der Waals surface area contributed by atoms with Crippen molar-refractivity contribution in [1.82, 2.24) is 0 Å². The molecule has 0 aromatic rings. The molecule has 0 spiro atoms. The highest BCUT2D eigenvalue weighted by molar-refractivity contribution is 6.00. The van der Waals surface area contributed by atoms with Crippen LogP contribution in [0, 0.1) is 40.4 Å². The van der Waals surface area contributed by atoms with Gasteiger partial charge in [0.1, 0.15) is 6.10 Å². The fourth-order valence-electron chi connectivity index (χ4n) is 8.91. The van der Waals surface area contributed by atoms with Gasteiger partial charge in [-0.05, 0) is 91.8 Å². The molecule has 0 aliphatic heterocycles. The van der Waals surface area contributed by atoms with Crippen LogP contribution < -0.4 is 0 Å². The molecular weight excluding hydrogens is 541 g/mol. The van der Waals surface area contributed by atoms with E-state index in [1.165, 1.54) is 6.92 Å². The molecule has 0 heterocycles. The highest BCUT2D eigenvalue weighted by Crippen LogP contribution is 2.66. The maximum absolute atomic E-state index is 14.3. The van der Waals surface area contributed by atoms with Crippen LogP contribution in [0.2, 0.25) is 0 Å². The Morgan fingerprint density at radius 1 is 1.07 bits per heavy atom. The Hall–Kier alpha value is -1.61. The minimum Gasteiger partial charge on any atom is -0.463 e. The maximum Gasteiger partial charge on any atom is 0.431 e. The molecule has 3 nitrogen and oxygen atoms in total. The predicted molar refractivity (Wildman–Crippen MR) is 135 cm³/mol. The Balaban J connectivity index is 1.57. The van der Waals surface area contributed by atoms with E-state index in [0.717, 1.165) is 43.3 Å². The predicted octanol–water partition coefficient (Wildman–Crippen LogP) is 8.71. The van der Waals surface area contributed by atoms with Crippen LogP contribution in [0.25, 0.3) is 0 Å². The highest BCUT2D eigenvalue weighted by atomic mass is 19.4. The summed E-state index contributed by atoms with van der Waals surface area (Å²) in [6, 6.07) is 0. The molecule has 4 aliphatic rings. The van der Waals surface area contributed by atoms with E-state index < -0.39 is 42.2 Å². The third-order valence-corrected chi connectivity index (χ3v) is 11.0. The maximum atomic E-state index is 14.3. The summed E-state index contributed by atoms with van der Waals surface area (Å²) in [5.74, 6) is -0.616. The summed E-state index contributed by atoms with van der Waals surface area (Å²) in [6.07, 6.45) is -12.0. The first-order valence-corrected chi connectivity index (χ1v) is 14.3. The Morgan fingerprint density at radius 3 is 2.27 bits per heavy atom. The van der Waals surface area contributed by atoms with Crippen LogP contribution in [-0.2, 0) is 14.3 Å². The van der Waals surface area contributed by atoms with Gasteiger partial charge in [0.05, 0.1) is 0 Å². The van der Waals surface area contributed by atoms with Crippen molar-refractivity contribution in [2.75, 3.05) is 0 Å².